The van der Waals surface area contributed by atoms with Crippen molar-refractivity contribution in [3.05, 3.63) is 28.6 Å². The maximum atomic E-state index is 12.2. The minimum Gasteiger partial charge on any atom is -0.391 e. The fraction of sp³-hybridized carbons (Fsp3) is 0.579. The SMILES string of the molecule is CCCn1c(C)cc(/C=C(/C#N)C(=O)NCC(O)C(C)(C)C)c1C. The molecule has 0 saturated carbocycles. The van der Waals surface area contributed by atoms with Crippen LogP contribution in [0.15, 0.2) is 11.6 Å². The Bertz CT molecular complexity index is 657. The largest absolute Gasteiger partial charge is 0.391 e. The standard InChI is InChI=1S/C19H29N3O2/c1-7-8-22-13(2)9-15(14(22)3)10-16(11-20)18(24)21-12-17(23)19(4,5)6/h9-10,17,23H,7-8,12H2,1-6H3,(H,21,24)/b16-10-. The third kappa shape index (κ3) is 4.97. The summed E-state index contributed by atoms with van der Waals surface area (Å²) in [7, 11) is 0. The van der Waals surface area contributed by atoms with Crippen LogP contribution in [0, 0.1) is 30.6 Å². The van der Waals surface area contributed by atoms with Gasteiger partial charge in [-0.1, -0.05) is 27.7 Å². The number of amides is 1. The molecule has 1 unspecified atom stereocenters. The summed E-state index contributed by atoms with van der Waals surface area (Å²) in [4.78, 5) is 12.2. The summed E-state index contributed by atoms with van der Waals surface area (Å²) in [5.41, 5.74) is 2.76. The molecule has 0 aliphatic heterocycles. The van der Waals surface area contributed by atoms with Gasteiger partial charge in [-0.2, -0.15) is 5.26 Å². The van der Waals surface area contributed by atoms with Crippen LogP contribution in [0.2, 0.25) is 0 Å². The van der Waals surface area contributed by atoms with Crippen molar-refractivity contribution in [2.75, 3.05) is 6.54 Å². The van der Waals surface area contributed by atoms with Gasteiger partial charge in [0.2, 0.25) is 0 Å². The molecule has 0 saturated heterocycles. The van der Waals surface area contributed by atoms with Crippen LogP contribution in [-0.2, 0) is 11.3 Å². The maximum absolute atomic E-state index is 12.2. The monoisotopic (exact) mass is 331 g/mol. The molecule has 2 N–H and O–H groups in total. The number of nitriles is 1. The molecule has 1 atom stereocenters. The van der Waals surface area contributed by atoms with E-state index in [0.717, 1.165) is 29.9 Å². The zero-order valence-electron chi connectivity index (χ0n) is 15.6. The van der Waals surface area contributed by atoms with Gasteiger partial charge in [-0.05, 0) is 43.4 Å². The number of nitrogens with zero attached hydrogens (tertiary/aromatic N) is 2. The highest BCUT2D eigenvalue weighted by Gasteiger charge is 2.23. The van der Waals surface area contributed by atoms with Gasteiger partial charge in [-0.25, -0.2) is 0 Å². The molecule has 5 heteroatoms. The molecule has 1 amide bonds. The Hall–Kier alpha value is -2.06. The minimum atomic E-state index is -0.670. The quantitative estimate of drug-likeness (QED) is 0.621. The first-order chi connectivity index (χ1) is 11.1. The summed E-state index contributed by atoms with van der Waals surface area (Å²) in [6.07, 6.45) is 1.97. The average molecular weight is 331 g/mol. The van der Waals surface area contributed by atoms with Gasteiger partial charge in [0, 0.05) is 24.5 Å². The van der Waals surface area contributed by atoms with Crippen molar-refractivity contribution in [2.24, 2.45) is 5.41 Å². The molecule has 0 bridgehead atoms. The fourth-order valence-electron chi connectivity index (χ4n) is 2.44. The van der Waals surface area contributed by atoms with Crippen LogP contribution in [0.25, 0.3) is 6.08 Å². The number of hydrogen-bond donors (Lipinski definition) is 2. The topological polar surface area (TPSA) is 78.0 Å². The molecule has 24 heavy (non-hydrogen) atoms. The van der Waals surface area contributed by atoms with E-state index in [1.807, 2.05) is 46.8 Å². The van der Waals surface area contributed by atoms with E-state index in [4.69, 9.17) is 0 Å². The van der Waals surface area contributed by atoms with Crippen molar-refractivity contribution in [1.82, 2.24) is 9.88 Å². The number of hydrogen-bond acceptors (Lipinski definition) is 3. The first-order valence-corrected chi connectivity index (χ1v) is 8.36. The minimum absolute atomic E-state index is 0.0489. The van der Waals surface area contributed by atoms with Gasteiger partial charge in [-0.3, -0.25) is 4.79 Å². The van der Waals surface area contributed by atoms with E-state index in [1.165, 1.54) is 0 Å². The number of carbonyl (C=O) groups is 1. The Labute approximate surface area is 145 Å². The lowest BCUT2D eigenvalue weighted by Gasteiger charge is -2.25. The van der Waals surface area contributed by atoms with E-state index in [0.29, 0.717) is 0 Å². The molecular weight excluding hydrogens is 302 g/mol. The second-order valence-corrected chi connectivity index (χ2v) is 7.24. The third-order valence-electron chi connectivity index (χ3n) is 4.18. The highest BCUT2D eigenvalue weighted by Crippen LogP contribution is 2.20. The van der Waals surface area contributed by atoms with Gasteiger partial charge in [0.25, 0.3) is 5.91 Å². The van der Waals surface area contributed by atoms with Gasteiger partial charge in [-0.15, -0.1) is 0 Å². The highest BCUT2D eigenvalue weighted by atomic mass is 16.3. The van der Waals surface area contributed by atoms with Gasteiger partial charge < -0.3 is 15.0 Å². The van der Waals surface area contributed by atoms with Crippen molar-refractivity contribution in [2.45, 2.75) is 60.6 Å². The molecule has 0 fully saturated rings. The van der Waals surface area contributed by atoms with E-state index >= 15 is 0 Å². The number of aromatic nitrogens is 1. The Balaban J connectivity index is 2.94. The lowest BCUT2D eigenvalue weighted by molar-refractivity contribution is -0.117. The average Bonchev–Trinajstić information content (AvgIpc) is 2.76. The zero-order chi connectivity index (χ0) is 18.5. The number of nitrogens with one attached hydrogen (secondary N) is 1. The van der Waals surface area contributed by atoms with Crippen LogP contribution < -0.4 is 5.32 Å². The summed E-state index contributed by atoms with van der Waals surface area (Å²) >= 11 is 0. The summed E-state index contributed by atoms with van der Waals surface area (Å²) < 4.78 is 2.18. The van der Waals surface area contributed by atoms with Gasteiger partial charge >= 0.3 is 0 Å². The van der Waals surface area contributed by atoms with Crippen LogP contribution >= 0.6 is 0 Å². The first-order valence-electron chi connectivity index (χ1n) is 8.36. The van der Waals surface area contributed by atoms with Crippen LogP contribution in [-0.4, -0.2) is 28.2 Å². The van der Waals surface area contributed by atoms with Crippen molar-refractivity contribution < 1.29 is 9.90 Å². The Morgan fingerprint density at radius 2 is 2.08 bits per heavy atom. The third-order valence-corrected chi connectivity index (χ3v) is 4.18. The van der Waals surface area contributed by atoms with Gasteiger partial charge in [0.05, 0.1) is 6.10 Å². The number of aryl methyl sites for hydroxylation is 1. The van der Waals surface area contributed by atoms with Crippen LogP contribution in [0.1, 0.15) is 51.1 Å². The van der Waals surface area contributed by atoms with Crippen molar-refractivity contribution in [3.8, 4) is 6.07 Å². The van der Waals surface area contributed by atoms with E-state index < -0.39 is 12.0 Å². The smallest absolute Gasteiger partial charge is 0.262 e. The predicted octanol–water partition coefficient (Wildman–Crippen LogP) is 2.95. The molecule has 132 valence electrons. The lowest BCUT2D eigenvalue weighted by Crippen LogP contribution is -2.39. The molecule has 1 aromatic heterocycles. The molecule has 0 aliphatic carbocycles. The van der Waals surface area contributed by atoms with E-state index in [1.54, 1.807) is 6.08 Å². The molecule has 1 aromatic rings. The highest BCUT2D eigenvalue weighted by molar-refractivity contribution is 6.01. The fourth-order valence-corrected chi connectivity index (χ4v) is 2.44. The van der Waals surface area contributed by atoms with E-state index in [2.05, 4.69) is 16.8 Å². The number of aliphatic hydroxyl groups excluding tert-OH is 1. The second-order valence-electron chi connectivity index (χ2n) is 7.24. The Kier molecular flexibility index (Phi) is 6.80. The Morgan fingerprint density at radius 1 is 1.46 bits per heavy atom. The predicted molar refractivity (Wildman–Crippen MR) is 96.3 cm³/mol. The lowest BCUT2D eigenvalue weighted by atomic mass is 9.89. The summed E-state index contributed by atoms with van der Waals surface area (Å²) in [6, 6.07) is 3.94. The summed E-state index contributed by atoms with van der Waals surface area (Å²) in [5.74, 6) is -0.457. The van der Waals surface area contributed by atoms with Crippen LogP contribution in [0.3, 0.4) is 0 Å². The van der Waals surface area contributed by atoms with E-state index in [-0.39, 0.29) is 17.5 Å². The van der Waals surface area contributed by atoms with E-state index in [9.17, 15) is 15.2 Å². The normalized spacial score (nSPS) is 13.5. The van der Waals surface area contributed by atoms with Crippen molar-refractivity contribution in [3.63, 3.8) is 0 Å². The number of rotatable bonds is 6. The second kappa shape index (κ2) is 8.16. The van der Waals surface area contributed by atoms with Crippen molar-refractivity contribution in [1.29, 1.82) is 5.26 Å². The molecule has 1 rings (SSSR count). The molecule has 5 nitrogen and oxygen atoms in total. The molecule has 1 heterocycles. The summed E-state index contributed by atoms with van der Waals surface area (Å²) in [5, 5.41) is 21.9. The molecule has 0 aromatic carbocycles. The molecule has 0 radical (unpaired) electrons. The van der Waals surface area contributed by atoms with Crippen molar-refractivity contribution >= 4 is 12.0 Å². The molecule has 0 spiro atoms. The number of aliphatic hydroxyl groups is 1. The molecule has 0 aliphatic rings. The summed E-state index contributed by atoms with van der Waals surface area (Å²) in [6.45, 7) is 12.8. The molecular formula is C19H29N3O2. The van der Waals surface area contributed by atoms with Crippen LogP contribution in [0.4, 0.5) is 0 Å². The van der Waals surface area contributed by atoms with Gasteiger partial charge in [0.15, 0.2) is 0 Å². The maximum Gasteiger partial charge on any atom is 0.262 e. The van der Waals surface area contributed by atoms with Gasteiger partial charge in [0.1, 0.15) is 11.6 Å². The number of carbonyl (C=O) groups excluding carboxylic acids is 1. The zero-order valence-corrected chi connectivity index (χ0v) is 15.6. The van der Waals surface area contributed by atoms with Crippen LogP contribution in [0.5, 0.6) is 0 Å². The first kappa shape index (κ1) is 20.0. The Morgan fingerprint density at radius 3 is 2.58 bits per heavy atom.